The Labute approximate surface area is 141 Å². The molecule has 0 radical (unpaired) electrons. The Balaban J connectivity index is 2.53. The number of esters is 1. The first-order chi connectivity index (χ1) is 11.1. The number of nitrogens with zero attached hydrogens (tertiary/aromatic N) is 1. The lowest BCUT2D eigenvalue weighted by Gasteiger charge is -2.22. The van der Waals surface area contributed by atoms with E-state index in [0.717, 1.165) is 0 Å². The third-order valence-electron chi connectivity index (χ3n) is 3.00. The fourth-order valence-corrected chi connectivity index (χ4v) is 2.00. The van der Waals surface area contributed by atoms with Gasteiger partial charge < -0.3 is 19.1 Å². The molecular formula is C16H22ClNO5. The molecule has 0 aliphatic rings. The normalized spacial score (nSPS) is 10.2. The number of benzene rings is 1. The van der Waals surface area contributed by atoms with Crippen LogP contribution >= 0.6 is 11.6 Å². The van der Waals surface area contributed by atoms with E-state index in [9.17, 15) is 9.59 Å². The Morgan fingerprint density at radius 2 is 1.96 bits per heavy atom. The zero-order valence-electron chi connectivity index (χ0n) is 13.4. The van der Waals surface area contributed by atoms with Gasteiger partial charge in [-0.05, 0) is 19.1 Å². The van der Waals surface area contributed by atoms with Crippen molar-refractivity contribution >= 4 is 23.5 Å². The van der Waals surface area contributed by atoms with Gasteiger partial charge in [0.1, 0.15) is 5.75 Å². The summed E-state index contributed by atoms with van der Waals surface area (Å²) in [6.45, 7) is 2.91. The minimum Gasteiger partial charge on any atom is -0.482 e. The van der Waals surface area contributed by atoms with Crippen LogP contribution in [0.15, 0.2) is 24.3 Å². The molecule has 1 rings (SSSR count). The molecule has 0 saturated heterocycles. The number of halogens is 1. The molecule has 128 valence electrons. The first kappa shape index (κ1) is 19.3. The van der Waals surface area contributed by atoms with Gasteiger partial charge in [-0.2, -0.15) is 0 Å². The minimum absolute atomic E-state index is 0.134. The van der Waals surface area contributed by atoms with E-state index < -0.39 is 0 Å². The molecule has 1 amide bonds. The van der Waals surface area contributed by atoms with Crippen LogP contribution in [0.5, 0.6) is 5.75 Å². The number of carbonyl (C=O) groups excluding carboxylic acids is 2. The second-order valence-electron chi connectivity index (χ2n) is 4.65. The van der Waals surface area contributed by atoms with Crippen LogP contribution in [-0.4, -0.2) is 56.8 Å². The summed E-state index contributed by atoms with van der Waals surface area (Å²) in [6.07, 6.45) is 0.134. The summed E-state index contributed by atoms with van der Waals surface area (Å²) < 4.78 is 15.3. The smallest absolute Gasteiger partial charge is 0.307 e. The molecule has 0 aliphatic carbocycles. The fourth-order valence-electron chi connectivity index (χ4n) is 1.81. The van der Waals surface area contributed by atoms with Crippen LogP contribution < -0.4 is 4.74 Å². The number of carbonyl (C=O) groups is 2. The molecule has 0 aromatic heterocycles. The second-order valence-corrected chi connectivity index (χ2v) is 5.05. The van der Waals surface area contributed by atoms with E-state index in [1.54, 1.807) is 38.3 Å². The van der Waals surface area contributed by atoms with Crippen LogP contribution in [-0.2, 0) is 19.1 Å². The number of para-hydroxylation sites is 1. The highest BCUT2D eigenvalue weighted by Gasteiger charge is 2.16. The van der Waals surface area contributed by atoms with Crippen molar-refractivity contribution in [1.82, 2.24) is 4.90 Å². The topological polar surface area (TPSA) is 65.1 Å². The van der Waals surface area contributed by atoms with E-state index in [-0.39, 0.29) is 31.4 Å². The SMILES string of the molecule is CCOC(=O)CCN(CCOC)C(=O)COc1ccccc1Cl. The van der Waals surface area contributed by atoms with Gasteiger partial charge in [0.2, 0.25) is 0 Å². The Morgan fingerprint density at radius 3 is 2.61 bits per heavy atom. The highest BCUT2D eigenvalue weighted by molar-refractivity contribution is 6.32. The van der Waals surface area contributed by atoms with Crippen molar-refractivity contribution in [3.05, 3.63) is 29.3 Å². The van der Waals surface area contributed by atoms with Gasteiger partial charge >= 0.3 is 5.97 Å². The molecule has 0 unspecified atom stereocenters. The Bertz CT molecular complexity index is 509. The van der Waals surface area contributed by atoms with Crippen LogP contribution in [0.1, 0.15) is 13.3 Å². The molecule has 0 spiro atoms. The van der Waals surface area contributed by atoms with Gasteiger partial charge in [0.05, 0.1) is 24.7 Å². The monoisotopic (exact) mass is 343 g/mol. The van der Waals surface area contributed by atoms with E-state index in [0.29, 0.717) is 30.5 Å². The maximum absolute atomic E-state index is 12.3. The zero-order valence-corrected chi connectivity index (χ0v) is 14.2. The Hall–Kier alpha value is -1.79. The molecule has 0 fully saturated rings. The summed E-state index contributed by atoms with van der Waals surface area (Å²) >= 11 is 5.98. The molecule has 1 aromatic carbocycles. The molecular weight excluding hydrogens is 322 g/mol. The third-order valence-corrected chi connectivity index (χ3v) is 3.31. The van der Waals surface area contributed by atoms with Crippen molar-refractivity contribution in [1.29, 1.82) is 0 Å². The molecule has 6 nitrogen and oxygen atoms in total. The molecule has 0 saturated carbocycles. The van der Waals surface area contributed by atoms with Gasteiger partial charge in [-0.1, -0.05) is 23.7 Å². The highest BCUT2D eigenvalue weighted by Crippen LogP contribution is 2.22. The first-order valence-electron chi connectivity index (χ1n) is 7.38. The number of ether oxygens (including phenoxy) is 3. The van der Waals surface area contributed by atoms with Gasteiger partial charge in [0.25, 0.3) is 5.91 Å². The molecule has 0 aliphatic heterocycles. The highest BCUT2D eigenvalue weighted by atomic mass is 35.5. The third kappa shape index (κ3) is 7.34. The average Bonchev–Trinajstić information content (AvgIpc) is 2.54. The van der Waals surface area contributed by atoms with E-state index >= 15 is 0 Å². The Kier molecular flexibility index (Phi) is 9.09. The van der Waals surface area contributed by atoms with Crippen molar-refractivity contribution < 1.29 is 23.8 Å². The molecule has 0 bridgehead atoms. The van der Waals surface area contributed by atoms with Gasteiger partial charge in [-0.25, -0.2) is 0 Å². The summed E-state index contributed by atoms with van der Waals surface area (Å²) in [6, 6.07) is 6.93. The number of hydrogen-bond acceptors (Lipinski definition) is 5. The van der Waals surface area contributed by atoms with Gasteiger partial charge in [-0.15, -0.1) is 0 Å². The Morgan fingerprint density at radius 1 is 1.22 bits per heavy atom. The lowest BCUT2D eigenvalue weighted by atomic mass is 10.3. The fraction of sp³-hybridized carbons (Fsp3) is 0.500. The lowest BCUT2D eigenvalue weighted by Crippen LogP contribution is -2.38. The van der Waals surface area contributed by atoms with Crippen LogP contribution in [0, 0.1) is 0 Å². The maximum Gasteiger partial charge on any atom is 0.307 e. The van der Waals surface area contributed by atoms with Gasteiger partial charge in [0, 0.05) is 20.2 Å². The summed E-state index contributed by atoms with van der Waals surface area (Å²) in [7, 11) is 1.55. The number of rotatable bonds is 10. The molecule has 0 heterocycles. The van der Waals surface area contributed by atoms with Crippen LogP contribution in [0.3, 0.4) is 0 Å². The first-order valence-corrected chi connectivity index (χ1v) is 7.76. The lowest BCUT2D eigenvalue weighted by molar-refractivity contribution is -0.144. The number of methoxy groups -OCH3 is 1. The standard InChI is InChI=1S/C16H22ClNO5/c1-3-22-16(20)8-9-18(10-11-21-2)15(19)12-23-14-7-5-4-6-13(14)17/h4-7H,3,8-12H2,1-2H3. The van der Waals surface area contributed by atoms with E-state index in [1.165, 1.54) is 4.90 Å². The molecule has 7 heteroatoms. The molecule has 23 heavy (non-hydrogen) atoms. The van der Waals surface area contributed by atoms with Crippen LogP contribution in [0.2, 0.25) is 5.02 Å². The molecule has 1 aromatic rings. The summed E-state index contributed by atoms with van der Waals surface area (Å²) in [4.78, 5) is 25.2. The van der Waals surface area contributed by atoms with E-state index in [4.69, 9.17) is 25.8 Å². The maximum atomic E-state index is 12.3. The van der Waals surface area contributed by atoms with Gasteiger partial charge in [-0.3, -0.25) is 9.59 Å². The van der Waals surface area contributed by atoms with Crippen LogP contribution in [0.4, 0.5) is 0 Å². The summed E-state index contributed by atoms with van der Waals surface area (Å²) in [5, 5.41) is 0.440. The largest absolute Gasteiger partial charge is 0.482 e. The van der Waals surface area contributed by atoms with Gasteiger partial charge in [0.15, 0.2) is 6.61 Å². The predicted octanol–water partition coefficient (Wildman–Crippen LogP) is 2.15. The molecule has 0 N–H and O–H groups in total. The van der Waals surface area contributed by atoms with Crippen molar-refractivity contribution in [2.75, 3.05) is 40.0 Å². The minimum atomic E-state index is -0.338. The van der Waals surface area contributed by atoms with Crippen molar-refractivity contribution in [2.45, 2.75) is 13.3 Å². The summed E-state index contributed by atoms with van der Waals surface area (Å²) in [5.74, 6) is -0.138. The van der Waals surface area contributed by atoms with Crippen molar-refractivity contribution in [3.63, 3.8) is 0 Å². The van der Waals surface area contributed by atoms with Crippen LogP contribution in [0.25, 0.3) is 0 Å². The summed E-state index contributed by atoms with van der Waals surface area (Å²) in [5.41, 5.74) is 0. The number of amides is 1. The second kappa shape index (κ2) is 10.9. The predicted molar refractivity (Wildman–Crippen MR) is 86.7 cm³/mol. The molecule has 0 atom stereocenters. The van der Waals surface area contributed by atoms with E-state index in [2.05, 4.69) is 0 Å². The van der Waals surface area contributed by atoms with Crippen molar-refractivity contribution in [3.8, 4) is 5.75 Å². The quantitative estimate of drug-likeness (QED) is 0.609. The van der Waals surface area contributed by atoms with Crippen molar-refractivity contribution in [2.24, 2.45) is 0 Å². The van der Waals surface area contributed by atoms with E-state index in [1.807, 2.05) is 0 Å². The zero-order chi connectivity index (χ0) is 17.1. The average molecular weight is 344 g/mol. The number of hydrogen-bond donors (Lipinski definition) is 0.